The lowest BCUT2D eigenvalue weighted by molar-refractivity contribution is 1.46. The van der Waals surface area contributed by atoms with E-state index in [1.165, 1.54) is 83.5 Å². The monoisotopic (exact) mass is 630 g/mol. The molecule has 2 heterocycles. The molecule has 0 amide bonds. The Hall–Kier alpha value is -4.41. The molecule has 8 aromatic rings. The Morgan fingerprint density at radius 3 is 1.13 bits per heavy atom. The van der Waals surface area contributed by atoms with Crippen molar-refractivity contribution < 1.29 is 0 Å². The minimum atomic E-state index is 1.23. The van der Waals surface area contributed by atoms with Crippen molar-refractivity contribution in [3.63, 3.8) is 0 Å². The molecule has 0 fully saturated rings. The van der Waals surface area contributed by atoms with Crippen molar-refractivity contribution in [1.29, 1.82) is 0 Å². The molecule has 0 N–H and O–H groups in total. The highest BCUT2D eigenvalue weighted by Gasteiger charge is 2.10. The number of hydrogen-bond acceptors (Lipinski definition) is 3. The fourth-order valence-corrected chi connectivity index (χ4v) is 9.19. The molecule has 0 unspecified atom stereocenters. The first-order chi connectivity index (χ1) is 22.0. The molecule has 0 saturated heterocycles. The van der Waals surface area contributed by atoms with Crippen molar-refractivity contribution >= 4 is 99.1 Å². The molecule has 0 nitrogen and oxygen atoms in total. The third-order valence-corrected chi connectivity index (χ3v) is 11.5. The number of rotatable bonds is 6. The zero-order valence-corrected chi connectivity index (χ0v) is 27.5. The summed E-state index contributed by atoms with van der Waals surface area (Å²) in [7, 11) is 0. The molecule has 2 aromatic heterocycles. The molecule has 0 spiro atoms. The van der Waals surface area contributed by atoms with E-state index in [-0.39, 0.29) is 0 Å². The highest BCUT2D eigenvalue weighted by molar-refractivity contribution is 7.99. The van der Waals surface area contributed by atoms with E-state index in [2.05, 4.69) is 159 Å². The van der Waals surface area contributed by atoms with Crippen LogP contribution in [0.1, 0.15) is 33.4 Å². The van der Waals surface area contributed by atoms with E-state index < -0.39 is 0 Å². The summed E-state index contributed by atoms with van der Waals surface area (Å²) < 4.78 is 5.34. The third kappa shape index (κ3) is 5.87. The minimum Gasteiger partial charge on any atom is -0.135 e. The van der Waals surface area contributed by atoms with E-state index in [1.807, 2.05) is 34.4 Å². The van der Waals surface area contributed by atoms with Crippen LogP contribution in [0.25, 0.3) is 64.6 Å². The van der Waals surface area contributed by atoms with Gasteiger partial charge in [-0.3, -0.25) is 0 Å². The summed E-state index contributed by atoms with van der Waals surface area (Å²) >= 11 is 5.61. The minimum absolute atomic E-state index is 1.23. The lowest BCUT2D eigenvalue weighted by Crippen LogP contribution is -1.76. The van der Waals surface area contributed by atoms with Crippen molar-refractivity contribution in [2.24, 2.45) is 0 Å². The molecule has 6 aromatic carbocycles. The molecule has 0 bridgehead atoms. The van der Waals surface area contributed by atoms with Crippen LogP contribution >= 0.6 is 34.4 Å². The standard InChI is InChI=1S/C42H30S3/c1-27-3-7-29(8-4-27)11-13-31-15-19-35-37-21-17-33(25-41(37)44-39(35)23-31)43-34-18-22-38-36-20-16-32(24-40(36)45-42(38)26-34)14-12-30-9-5-28(2)6-10-30/h3-26H,1-2H3/b13-11+,14-12+. The highest BCUT2D eigenvalue weighted by Crippen LogP contribution is 2.41. The van der Waals surface area contributed by atoms with Gasteiger partial charge < -0.3 is 0 Å². The number of hydrogen-bond donors (Lipinski definition) is 0. The number of benzene rings is 6. The lowest BCUT2D eigenvalue weighted by atomic mass is 10.1. The number of fused-ring (bicyclic) bond motifs is 6. The van der Waals surface area contributed by atoms with Gasteiger partial charge in [0.05, 0.1) is 0 Å². The molecule has 0 saturated carbocycles. The largest absolute Gasteiger partial charge is 0.135 e. The summed E-state index contributed by atoms with van der Waals surface area (Å²) in [5.74, 6) is 0. The van der Waals surface area contributed by atoms with Gasteiger partial charge in [0.1, 0.15) is 0 Å². The van der Waals surface area contributed by atoms with E-state index >= 15 is 0 Å². The first kappa shape index (κ1) is 28.1. The molecule has 0 aliphatic heterocycles. The second-order valence-corrected chi connectivity index (χ2v) is 14.9. The van der Waals surface area contributed by atoms with Crippen molar-refractivity contribution in [3.8, 4) is 0 Å². The molecule has 0 aliphatic carbocycles. The van der Waals surface area contributed by atoms with E-state index in [4.69, 9.17) is 0 Å². The van der Waals surface area contributed by atoms with E-state index in [1.54, 1.807) is 0 Å². The Morgan fingerprint density at radius 2 is 0.711 bits per heavy atom. The van der Waals surface area contributed by atoms with Crippen molar-refractivity contribution in [2.45, 2.75) is 23.6 Å². The van der Waals surface area contributed by atoms with E-state index in [9.17, 15) is 0 Å². The molecule has 3 heteroatoms. The van der Waals surface area contributed by atoms with Crippen LogP contribution in [0.4, 0.5) is 0 Å². The third-order valence-electron chi connectivity index (χ3n) is 8.26. The maximum absolute atomic E-state index is 2.36. The van der Waals surface area contributed by atoms with Gasteiger partial charge in [-0.05, 0) is 72.5 Å². The van der Waals surface area contributed by atoms with Crippen LogP contribution in [0.2, 0.25) is 0 Å². The topological polar surface area (TPSA) is 0 Å². The zero-order chi connectivity index (χ0) is 30.3. The predicted molar refractivity (Wildman–Crippen MR) is 203 cm³/mol. The quantitative estimate of drug-likeness (QED) is 0.165. The van der Waals surface area contributed by atoms with Gasteiger partial charge in [-0.2, -0.15) is 0 Å². The van der Waals surface area contributed by atoms with Gasteiger partial charge in [0, 0.05) is 50.1 Å². The molecule has 216 valence electrons. The number of thiophene rings is 2. The van der Waals surface area contributed by atoms with Gasteiger partial charge >= 0.3 is 0 Å². The summed E-state index contributed by atoms with van der Waals surface area (Å²) in [5.41, 5.74) is 7.49. The fourth-order valence-electron chi connectivity index (χ4n) is 5.76. The summed E-state index contributed by atoms with van der Waals surface area (Å²) in [4.78, 5) is 2.55. The Labute approximate surface area is 276 Å². The van der Waals surface area contributed by atoms with Crippen molar-refractivity contribution in [1.82, 2.24) is 0 Å². The normalized spacial score (nSPS) is 12.1. The van der Waals surface area contributed by atoms with Crippen LogP contribution in [0.15, 0.2) is 131 Å². The lowest BCUT2D eigenvalue weighted by Gasteiger charge is -2.03. The summed E-state index contributed by atoms with van der Waals surface area (Å²) in [6.45, 7) is 4.25. The van der Waals surface area contributed by atoms with E-state index in [0.29, 0.717) is 0 Å². The van der Waals surface area contributed by atoms with Crippen molar-refractivity contribution in [2.75, 3.05) is 0 Å². The Morgan fingerprint density at radius 1 is 0.378 bits per heavy atom. The van der Waals surface area contributed by atoms with Crippen LogP contribution < -0.4 is 0 Å². The van der Waals surface area contributed by atoms with Gasteiger partial charge in [-0.25, -0.2) is 0 Å². The first-order valence-electron chi connectivity index (χ1n) is 15.1. The molecular weight excluding hydrogens is 601 g/mol. The Bertz CT molecular complexity index is 2230. The first-order valence-corrected chi connectivity index (χ1v) is 17.6. The molecule has 45 heavy (non-hydrogen) atoms. The van der Waals surface area contributed by atoms with Gasteiger partial charge in [-0.1, -0.05) is 132 Å². The van der Waals surface area contributed by atoms with Crippen LogP contribution in [-0.2, 0) is 0 Å². The molecule has 8 rings (SSSR count). The van der Waals surface area contributed by atoms with Crippen LogP contribution in [0.5, 0.6) is 0 Å². The Balaban J connectivity index is 1.03. The van der Waals surface area contributed by atoms with Crippen LogP contribution in [0, 0.1) is 13.8 Å². The molecule has 0 atom stereocenters. The summed E-state index contributed by atoms with van der Waals surface area (Å²) in [6.07, 6.45) is 8.81. The Kier molecular flexibility index (Phi) is 7.39. The maximum Gasteiger partial charge on any atom is 0.0366 e. The predicted octanol–water partition coefficient (Wildman–Crippen LogP) is 13.5. The van der Waals surface area contributed by atoms with Crippen molar-refractivity contribution in [3.05, 3.63) is 155 Å². The average molecular weight is 631 g/mol. The average Bonchev–Trinajstić information content (AvgIpc) is 3.60. The van der Waals surface area contributed by atoms with Crippen LogP contribution in [-0.4, -0.2) is 0 Å². The highest BCUT2D eigenvalue weighted by atomic mass is 32.2. The van der Waals surface area contributed by atoms with Gasteiger partial charge in [0.15, 0.2) is 0 Å². The molecule has 0 radical (unpaired) electrons. The van der Waals surface area contributed by atoms with Gasteiger partial charge in [0.2, 0.25) is 0 Å². The summed E-state index contributed by atoms with van der Waals surface area (Å²) in [6, 6.07) is 44.8. The van der Waals surface area contributed by atoms with E-state index in [0.717, 1.165) is 0 Å². The smallest absolute Gasteiger partial charge is 0.0366 e. The van der Waals surface area contributed by atoms with Gasteiger partial charge in [0.25, 0.3) is 0 Å². The van der Waals surface area contributed by atoms with Crippen LogP contribution in [0.3, 0.4) is 0 Å². The molecular formula is C42H30S3. The SMILES string of the molecule is Cc1ccc(/C=C/c2ccc3c(c2)sc2cc(Sc4ccc5c(c4)sc4cc(/C=C/c6ccc(C)cc6)ccc45)ccc23)cc1. The van der Waals surface area contributed by atoms with Gasteiger partial charge in [-0.15, -0.1) is 22.7 Å². The zero-order valence-electron chi connectivity index (χ0n) is 25.1. The maximum atomic E-state index is 2.36. The summed E-state index contributed by atoms with van der Waals surface area (Å²) in [5, 5.41) is 5.33. The second-order valence-electron chi connectivity index (χ2n) is 11.6. The molecule has 0 aliphatic rings. The fraction of sp³-hybridized carbons (Fsp3) is 0.0476. The second kappa shape index (κ2) is 11.8. The number of aryl methyl sites for hydroxylation is 2.